The Balaban J connectivity index is 1.52. The molecule has 1 saturated carbocycles. The molecule has 0 aromatic heterocycles. The molecular formula is C24H27NO4. The Morgan fingerprint density at radius 1 is 1.21 bits per heavy atom. The van der Waals surface area contributed by atoms with Crippen LogP contribution in [0.25, 0.3) is 0 Å². The summed E-state index contributed by atoms with van der Waals surface area (Å²) < 4.78 is 5.99. The van der Waals surface area contributed by atoms with E-state index in [4.69, 9.17) is 4.74 Å². The standard InChI is InChI=1S/C24H27NO4/c26-21-11-16-10-17-18(23(27)28)13-25-24(9-5-4-8-19(17)24)20(16)12-22(21)29-14-15-6-2-1-3-7-15/h1-3,6-7,11-12,17-19,25-26H,4-5,8-10,13-14H2,(H,27,28). The Kier molecular flexibility index (Phi) is 4.50. The molecule has 1 aliphatic heterocycles. The van der Waals surface area contributed by atoms with Crippen molar-refractivity contribution in [2.75, 3.05) is 6.54 Å². The largest absolute Gasteiger partial charge is 0.504 e. The lowest BCUT2D eigenvalue weighted by Crippen LogP contribution is -2.63. The second-order valence-electron chi connectivity index (χ2n) is 8.77. The van der Waals surface area contributed by atoms with Crippen molar-refractivity contribution in [2.24, 2.45) is 17.8 Å². The SMILES string of the molecule is O=C(O)C1CNC23CCCCC2C1Cc1cc(O)c(OCc2ccccc2)cc13. The minimum absolute atomic E-state index is 0.122. The second kappa shape index (κ2) is 7.06. The summed E-state index contributed by atoms with van der Waals surface area (Å²) in [7, 11) is 0. The minimum Gasteiger partial charge on any atom is -0.504 e. The van der Waals surface area contributed by atoms with Gasteiger partial charge in [0.15, 0.2) is 11.5 Å². The Labute approximate surface area is 170 Å². The van der Waals surface area contributed by atoms with Crippen molar-refractivity contribution in [3.05, 3.63) is 59.2 Å². The normalized spacial score (nSPS) is 30.1. The van der Waals surface area contributed by atoms with Gasteiger partial charge in [0.2, 0.25) is 0 Å². The number of phenolic OH excluding ortho intramolecular Hbond substituents is 1. The number of hydrogen-bond acceptors (Lipinski definition) is 4. The first-order valence-electron chi connectivity index (χ1n) is 10.6. The maximum absolute atomic E-state index is 11.9. The van der Waals surface area contributed by atoms with E-state index >= 15 is 0 Å². The molecule has 152 valence electrons. The van der Waals surface area contributed by atoms with Crippen LogP contribution in [0.2, 0.25) is 0 Å². The average molecular weight is 393 g/mol. The van der Waals surface area contributed by atoms with Crippen LogP contribution in [0.1, 0.15) is 42.4 Å². The molecule has 1 saturated heterocycles. The summed E-state index contributed by atoms with van der Waals surface area (Å²) in [6, 6.07) is 13.7. The summed E-state index contributed by atoms with van der Waals surface area (Å²) >= 11 is 0. The van der Waals surface area contributed by atoms with Crippen molar-refractivity contribution in [1.82, 2.24) is 5.32 Å². The summed E-state index contributed by atoms with van der Waals surface area (Å²) in [5.74, 6) is 0.0111. The summed E-state index contributed by atoms with van der Waals surface area (Å²) in [6.45, 7) is 0.914. The monoisotopic (exact) mass is 393 g/mol. The van der Waals surface area contributed by atoms with Gasteiger partial charge >= 0.3 is 5.97 Å². The van der Waals surface area contributed by atoms with Crippen LogP contribution in [0, 0.1) is 17.8 Å². The number of nitrogens with one attached hydrogen (secondary N) is 1. The number of hydrogen-bond donors (Lipinski definition) is 3. The van der Waals surface area contributed by atoms with E-state index in [1.807, 2.05) is 36.4 Å². The second-order valence-corrected chi connectivity index (χ2v) is 8.77. The van der Waals surface area contributed by atoms with E-state index in [2.05, 4.69) is 5.32 Å². The topological polar surface area (TPSA) is 78.8 Å². The summed E-state index contributed by atoms with van der Waals surface area (Å²) in [6.07, 6.45) is 5.07. The number of carboxylic acids is 1. The molecule has 4 atom stereocenters. The third-order valence-electron chi connectivity index (χ3n) is 7.32. The molecule has 5 nitrogen and oxygen atoms in total. The summed E-state index contributed by atoms with van der Waals surface area (Å²) in [4.78, 5) is 11.9. The summed E-state index contributed by atoms with van der Waals surface area (Å²) in [5, 5.41) is 24.0. The van der Waals surface area contributed by atoms with Crippen LogP contribution in [0.5, 0.6) is 11.5 Å². The van der Waals surface area contributed by atoms with E-state index < -0.39 is 5.97 Å². The van der Waals surface area contributed by atoms with Crippen LogP contribution in [0.15, 0.2) is 42.5 Å². The van der Waals surface area contributed by atoms with Crippen LogP contribution in [-0.4, -0.2) is 22.7 Å². The fourth-order valence-corrected chi connectivity index (χ4v) is 6.01. The molecule has 2 fully saturated rings. The molecule has 4 unspecified atom stereocenters. The number of fused-ring (bicyclic) bond motifs is 1. The van der Waals surface area contributed by atoms with Crippen LogP contribution in [0.3, 0.4) is 0 Å². The lowest BCUT2D eigenvalue weighted by atomic mass is 9.53. The van der Waals surface area contributed by atoms with Gasteiger partial charge in [-0.2, -0.15) is 0 Å². The molecule has 5 heteroatoms. The number of carbonyl (C=O) groups is 1. The van der Waals surface area contributed by atoms with Crippen molar-refractivity contribution in [3.63, 3.8) is 0 Å². The molecule has 0 amide bonds. The maximum atomic E-state index is 11.9. The zero-order valence-electron chi connectivity index (χ0n) is 16.4. The van der Waals surface area contributed by atoms with E-state index in [1.54, 1.807) is 6.07 Å². The molecule has 5 rings (SSSR count). The zero-order chi connectivity index (χ0) is 20.0. The molecule has 2 aromatic rings. The van der Waals surface area contributed by atoms with Gasteiger partial charge in [-0.25, -0.2) is 0 Å². The van der Waals surface area contributed by atoms with Gasteiger partial charge in [-0.15, -0.1) is 0 Å². The van der Waals surface area contributed by atoms with Crippen LogP contribution in [-0.2, 0) is 23.4 Å². The fraction of sp³-hybridized carbons (Fsp3) is 0.458. The van der Waals surface area contributed by atoms with Gasteiger partial charge < -0.3 is 20.3 Å². The highest BCUT2D eigenvalue weighted by atomic mass is 16.5. The predicted octanol–water partition coefficient (Wildman–Crippen LogP) is 3.83. The molecule has 1 heterocycles. The van der Waals surface area contributed by atoms with E-state index in [0.29, 0.717) is 31.2 Å². The number of carboxylic acid groups (broad SMARTS) is 1. The fourth-order valence-electron chi connectivity index (χ4n) is 6.01. The smallest absolute Gasteiger partial charge is 0.308 e. The molecule has 0 spiro atoms. The number of piperidine rings is 1. The Morgan fingerprint density at radius 3 is 2.83 bits per heavy atom. The lowest BCUT2D eigenvalue weighted by molar-refractivity contribution is -0.148. The Morgan fingerprint density at radius 2 is 2.03 bits per heavy atom. The molecule has 3 aliphatic rings. The van der Waals surface area contributed by atoms with Crippen LogP contribution >= 0.6 is 0 Å². The highest BCUT2D eigenvalue weighted by molar-refractivity contribution is 5.71. The molecule has 2 aliphatic carbocycles. The molecule has 2 aromatic carbocycles. The quantitative estimate of drug-likeness (QED) is 0.736. The lowest BCUT2D eigenvalue weighted by Gasteiger charge is -2.57. The zero-order valence-corrected chi connectivity index (χ0v) is 16.4. The van der Waals surface area contributed by atoms with E-state index in [0.717, 1.165) is 36.8 Å². The number of ether oxygens (including phenoxy) is 1. The predicted molar refractivity (Wildman–Crippen MR) is 109 cm³/mol. The first kappa shape index (κ1) is 18.5. The molecular weight excluding hydrogens is 366 g/mol. The first-order valence-corrected chi connectivity index (χ1v) is 10.6. The number of phenols is 1. The third kappa shape index (κ3) is 2.99. The summed E-state index contributed by atoms with van der Waals surface area (Å²) in [5.41, 5.74) is 3.12. The van der Waals surface area contributed by atoms with Crippen LogP contribution in [0.4, 0.5) is 0 Å². The van der Waals surface area contributed by atoms with E-state index in [-0.39, 0.29) is 23.1 Å². The third-order valence-corrected chi connectivity index (χ3v) is 7.32. The molecule has 2 bridgehead atoms. The Bertz CT molecular complexity index is 928. The van der Waals surface area contributed by atoms with Gasteiger partial charge in [0.25, 0.3) is 0 Å². The van der Waals surface area contributed by atoms with Crippen molar-refractivity contribution < 1.29 is 19.7 Å². The van der Waals surface area contributed by atoms with E-state index in [1.165, 1.54) is 5.56 Å². The van der Waals surface area contributed by atoms with Crippen molar-refractivity contribution in [3.8, 4) is 11.5 Å². The highest BCUT2D eigenvalue weighted by Crippen LogP contribution is 2.56. The van der Waals surface area contributed by atoms with Crippen molar-refractivity contribution in [2.45, 2.75) is 44.2 Å². The maximum Gasteiger partial charge on any atom is 0.308 e. The van der Waals surface area contributed by atoms with Crippen LogP contribution < -0.4 is 10.1 Å². The number of aliphatic carboxylic acids is 1. The van der Waals surface area contributed by atoms with Gasteiger partial charge in [-0.1, -0.05) is 43.2 Å². The number of benzene rings is 2. The van der Waals surface area contributed by atoms with Gasteiger partial charge in [-0.05, 0) is 59.9 Å². The Hall–Kier alpha value is -2.53. The molecule has 29 heavy (non-hydrogen) atoms. The average Bonchev–Trinajstić information content (AvgIpc) is 2.73. The van der Waals surface area contributed by atoms with Gasteiger partial charge in [0.1, 0.15) is 6.61 Å². The van der Waals surface area contributed by atoms with Gasteiger partial charge in [0, 0.05) is 12.1 Å². The number of rotatable bonds is 4. The van der Waals surface area contributed by atoms with Gasteiger partial charge in [0.05, 0.1) is 5.92 Å². The van der Waals surface area contributed by atoms with E-state index in [9.17, 15) is 15.0 Å². The molecule has 0 radical (unpaired) electrons. The first-order chi connectivity index (χ1) is 14.1. The van der Waals surface area contributed by atoms with Gasteiger partial charge in [-0.3, -0.25) is 4.79 Å². The number of aromatic hydroxyl groups is 1. The van der Waals surface area contributed by atoms with Crippen molar-refractivity contribution in [1.29, 1.82) is 0 Å². The molecule has 3 N–H and O–H groups in total. The van der Waals surface area contributed by atoms with Crippen molar-refractivity contribution >= 4 is 5.97 Å². The highest BCUT2D eigenvalue weighted by Gasteiger charge is 2.56. The minimum atomic E-state index is -0.711.